The van der Waals surface area contributed by atoms with Gasteiger partial charge in [0, 0.05) is 36.9 Å². The highest BCUT2D eigenvalue weighted by atomic mass is 35.5. The summed E-state index contributed by atoms with van der Waals surface area (Å²) in [5, 5.41) is 4.06. The average Bonchev–Trinajstić information content (AvgIpc) is 2.36. The Morgan fingerprint density at radius 3 is 2.76 bits per heavy atom. The molecule has 1 fully saturated rings. The molecule has 1 aliphatic rings. The molecule has 2 rings (SSSR count). The molecule has 0 radical (unpaired) electrons. The summed E-state index contributed by atoms with van der Waals surface area (Å²) < 4.78 is 0. The van der Waals surface area contributed by atoms with Crippen molar-refractivity contribution >= 4 is 17.3 Å². The summed E-state index contributed by atoms with van der Waals surface area (Å²) in [7, 11) is 0. The van der Waals surface area contributed by atoms with Crippen molar-refractivity contribution in [1.82, 2.24) is 10.2 Å². The van der Waals surface area contributed by atoms with Crippen LogP contribution in [0.2, 0.25) is 5.02 Å². The van der Waals surface area contributed by atoms with Gasteiger partial charge in [-0.15, -0.1) is 6.58 Å². The average molecular weight is 252 g/mol. The summed E-state index contributed by atoms with van der Waals surface area (Å²) in [6.45, 7) is 7.94. The van der Waals surface area contributed by atoms with Crippen LogP contribution >= 0.6 is 11.6 Å². The monoisotopic (exact) mass is 251 g/mol. The summed E-state index contributed by atoms with van der Waals surface area (Å²) >= 11 is 6.04. The maximum absolute atomic E-state index is 6.04. The van der Waals surface area contributed by atoms with Gasteiger partial charge in [-0.05, 0) is 23.8 Å². The summed E-state index contributed by atoms with van der Waals surface area (Å²) in [6, 6.07) is 5.76. The van der Waals surface area contributed by atoms with Gasteiger partial charge in [-0.3, -0.25) is 4.90 Å². The molecular formula is C13H18ClN3. The molecule has 4 heteroatoms. The second-order valence-electron chi connectivity index (χ2n) is 4.24. The minimum Gasteiger partial charge on any atom is -0.398 e. The minimum atomic E-state index is 0.149. The van der Waals surface area contributed by atoms with Crippen molar-refractivity contribution in [2.75, 3.05) is 31.9 Å². The van der Waals surface area contributed by atoms with Crippen LogP contribution in [0.25, 0.3) is 0 Å². The number of piperazine rings is 1. The number of hydrogen-bond acceptors (Lipinski definition) is 3. The number of hydrogen-bond donors (Lipinski definition) is 2. The summed E-state index contributed by atoms with van der Waals surface area (Å²) in [5.41, 5.74) is 7.85. The second-order valence-corrected chi connectivity index (χ2v) is 4.68. The van der Waals surface area contributed by atoms with Gasteiger partial charge in [-0.2, -0.15) is 0 Å². The Bertz CT molecular complexity index is 400. The van der Waals surface area contributed by atoms with Gasteiger partial charge in [0.05, 0.1) is 6.04 Å². The quantitative estimate of drug-likeness (QED) is 0.638. The first-order valence-corrected chi connectivity index (χ1v) is 6.22. The zero-order chi connectivity index (χ0) is 12.3. The molecule has 0 bridgehead atoms. The van der Waals surface area contributed by atoms with Crippen LogP contribution < -0.4 is 11.1 Å². The van der Waals surface area contributed by atoms with Crippen molar-refractivity contribution in [3.63, 3.8) is 0 Å². The van der Waals surface area contributed by atoms with Gasteiger partial charge < -0.3 is 11.1 Å². The number of anilines is 1. The van der Waals surface area contributed by atoms with Crippen molar-refractivity contribution in [1.29, 1.82) is 0 Å². The molecule has 1 aliphatic heterocycles. The lowest BCUT2D eigenvalue weighted by Gasteiger charge is -2.34. The van der Waals surface area contributed by atoms with E-state index in [1.54, 1.807) is 0 Å². The van der Waals surface area contributed by atoms with Crippen LogP contribution in [-0.2, 0) is 0 Å². The number of nitrogens with two attached hydrogens (primary N) is 1. The molecule has 1 aromatic rings. The van der Waals surface area contributed by atoms with Gasteiger partial charge in [0.25, 0.3) is 0 Å². The molecule has 1 atom stereocenters. The van der Waals surface area contributed by atoms with Crippen LogP contribution in [-0.4, -0.2) is 31.1 Å². The normalized spacial score (nSPS) is 18.9. The van der Waals surface area contributed by atoms with Gasteiger partial charge in [-0.1, -0.05) is 17.7 Å². The van der Waals surface area contributed by atoms with E-state index in [1.807, 2.05) is 24.3 Å². The standard InChI is InChI=1S/C13H18ClN3/c1-2-13(17-7-5-16-6-8-17)11-9-10(14)3-4-12(11)15/h2-4,9,13,16H,1,5-8,15H2/t13-/m1/s1. The Balaban J connectivity index is 2.27. The van der Waals surface area contributed by atoms with Crippen molar-refractivity contribution in [3.8, 4) is 0 Å². The first-order chi connectivity index (χ1) is 8.22. The molecule has 0 spiro atoms. The Kier molecular flexibility index (Phi) is 4.05. The highest BCUT2D eigenvalue weighted by molar-refractivity contribution is 6.30. The first kappa shape index (κ1) is 12.4. The van der Waals surface area contributed by atoms with Crippen molar-refractivity contribution in [3.05, 3.63) is 41.4 Å². The molecule has 0 aliphatic carbocycles. The number of benzene rings is 1. The minimum absolute atomic E-state index is 0.149. The maximum atomic E-state index is 6.04. The number of halogens is 1. The molecule has 1 aromatic carbocycles. The summed E-state index contributed by atoms with van der Waals surface area (Å²) in [5.74, 6) is 0. The highest BCUT2D eigenvalue weighted by Gasteiger charge is 2.21. The SMILES string of the molecule is C=C[C@H](c1cc(Cl)ccc1N)N1CCNCC1. The molecular weight excluding hydrogens is 234 g/mol. The number of rotatable bonds is 3. The Labute approximate surface area is 107 Å². The largest absolute Gasteiger partial charge is 0.398 e. The van der Waals surface area contributed by atoms with E-state index in [4.69, 9.17) is 17.3 Å². The Morgan fingerprint density at radius 1 is 1.41 bits per heavy atom. The first-order valence-electron chi connectivity index (χ1n) is 5.84. The van der Waals surface area contributed by atoms with Crippen LogP contribution in [0.15, 0.2) is 30.9 Å². The molecule has 0 unspecified atom stereocenters. The third kappa shape index (κ3) is 2.80. The van der Waals surface area contributed by atoms with Crippen molar-refractivity contribution in [2.24, 2.45) is 0 Å². The number of nitrogen functional groups attached to an aromatic ring is 1. The predicted octanol–water partition coefficient (Wildman–Crippen LogP) is 2.05. The van der Waals surface area contributed by atoms with Crippen molar-refractivity contribution in [2.45, 2.75) is 6.04 Å². The van der Waals surface area contributed by atoms with E-state index in [0.717, 1.165) is 42.5 Å². The molecule has 3 N–H and O–H groups in total. The van der Waals surface area contributed by atoms with Gasteiger partial charge in [0.15, 0.2) is 0 Å². The molecule has 3 nitrogen and oxygen atoms in total. The van der Waals surface area contributed by atoms with Crippen LogP contribution in [0.4, 0.5) is 5.69 Å². The third-order valence-electron chi connectivity index (χ3n) is 3.14. The van der Waals surface area contributed by atoms with Crippen LogP contribution in [0, 0.1) is 0 Å². The molecule has 1 saturated heterocycles. The van der Waals surface area contributed by atoms with Crippen LogP contribution in [0.1, 0.15) is 11.6 Å². The third-order valence-corrected chi connectivity index (χ3v) is 3.37. The van der Waals surface area contributed by atoms with E-state index in [2.05, 4.69) is 16.8 Å². The molecule has 0 amide bonds. The van der Waals surface area contributed by atoms with Crippen LogP contribution in [0.5, 0.6) is 0 Å². The van der Waals surface area contributed by atoms with E-state index in [-0.39, 0.29) is 6.04 Å². The molecule has 1 heterocycles. The fourth-order valence-electron chi connectivity index (χ4n) is 2.23. The molecule has 17 heavy (non-hydrogen) atoms. The Morgan fingerprint density at radius 2 is 2.12 bits per heavy atom. The topological polar surface area (TPSA) is 41.3 Å². The number of nitrogens with zero attached hydrogens (tertiary/aromatic N) is 1. The summed E-state index contributed by atoms with van der Waals surface area (Å²) in [6.07, 6.45) is 1.94. The molecule has 92 valence electrons. The van der Waals surface area contributed by atoms with Crippen molar-refractivity contribution < 1.29 is 0 Å². The second kappa shape index (κ2) is 5.54. The maximum Gasteiger partial charge on any atom is 0.0550 e. The molecule has 0 aromatic heterocycles. The van der Waals surface area contributed by atoms with E-state index in [0.29, 0.717) is 0 Å². The zero-order valence-electron chi connectivity index (χ0n) is 9.82. The van der Waals surface area contributed by atoms with Gasteiger partial charge in [0.2, 0.25) is 0 Å². The van der Waals surface area contributed by atoms with E-state index in [1.165, 1.54) is 0 Å². The fourth-order valence-corrected chi connectivity index (χ4v) is 2.42. The van der Waals surface area contributed by atoms with E-state index >= 15 is 0 Å². The molecule has 0 saturated carbocycles. The fraction of sp³-hybridized carbons (Fsp3) is 0.385. The number of nitrogens with one attached hydrogen (secondary N) is 1. The zero-order valence-corrected chi connectivity index (χ0v) is 10.6. The smallest absolute Gasteiger partial charge is 0.0550 e. The predicted molar refractivity (Wildman–Crippen MR) is 73.2 cm³/mol. The van der Waals surface area contributed by atoms with Gasteiger partial charge >= 0.3 is 0 Å². The lowest BCUT2D eigenvalue weighted by molar-refractivity contribution is 0.204. The highest BCUT2D eigenvalue weighted by Crippen LogP contribution is 2.29. The lowest BCUT2D eigenvalue weighted by atomic mass is 10.0. The van der Waals surface area contributed by atoms with Crippen LogP contribution in [0.3, 0.4) is 0 Å². The van der Waals surface area contributed by atoms with Gasteiger partial charge in [-0.25, -0.2) is 0 Å². The van der Waals surface area contributed by atoms with E-state index < -0.39 is 0 Å². The Hall–Kier alpha value is -1.03. The lowest BCUT2D eigenvalue weighted by Crippen LogP contribution is -2.44. The van der Waals surface area contributed by atoms with E-state index in [9.17, 15) is 0 Å². The van der Waals surface area contributed by atoms with Gasteiger partial charge in [0.1, 0.15) is 0 Å². The summed E-state index contributed by atoms with van der Waals surface area (Å²) in [4.78, 5) is 2.37.